The lowest BCUT2D eigenvalue weighted by Gasteiger charge is -2.25. The van der Waals surface area contributed by atoms with Crippen LogP contribution in [0.1, 0.15) is 37.2 Å². The molecule has 1 atom stereocenters. The van der Waals surface area contributed by atoms with Crippen molar-refractivity contribution in [3.63, 3.8) is 0 Å². The smallest absolute Gasteiger partial charge is 0.291 e. The number of amides is 3. The lowest BCUT2D eigenvalue weighted by atomic mass is 10.1. The fourth-order valence-electron chi connectivity index (χ4n) is 3.10. The number of hydrogen-bond donors (Lipinski definition) is 2. The second kappa shape index (κ2) is 8.07. The number of likely N-dealkylation sites (tertiary alicyclic amines) is 1. The van der Waals surface area contributed by atoms with E-state index in [4.69, 9.17) is 4.42 Å². The van der Waals surface area contributed by atoms with E-state index >= 15 is 0 Å². The third kappa shape index (κ3) is 4.36. The van der Waals surface area contributed by atoms with Gasteiger partial charge in [-0.3, -0.25) is 14.4 Å². The van der Waals surface area contributed by atoms with Crippen LogP contribution in [0.2, 0.25) is 0 Å². The summed E-state index contributed by atoms with van der Waals surface area (Å²) in [6, 6.07) is 9.60. The Morgan fingerprint density at radius 1 is 1.07 bits per heavy atom. The zero-order chi connectivity index (χ0) is 19.4. The van der Waals surface area contributed by atoms with Crippen LogP contribution in [-0.2, 0) is 9.59 Å². The lowest BCUT2D eigenvalue weighted by molar-refractivity contribution is -0.139. The van der Waals surface area contributed by atoms with Gasteiger partial charge in [-0.05, 0) is 49.2 Å². The molecule has 27 heavy (non-hydrogen) atoms. The highest BCUT2D eigenvalue weighted by Gasteiger charge is 2.34. The summed E-state index contributed by atoms with van der Waals surface area (Å²) in [5.41, 5.74) is 1.20. The summed E-state index contributed by atoms with van der Waals surface area (Å²) in [7, 11) is 0. The summed E-state index contributed by atoms with van der Waals surface area (Å²) in [5, 5.41) is 5.57. The van der Waals surface area contributed by atoms with E-state index in [1.54, 1.807) is 41.3 Å². The number of carbonyl (C=O) groups is 3. The summed E-state index contributed by atoms with van der Waals surface area (Å²) in [4.78, 5) is 38.5. The van der Waals surface area contributed by atoms with Crippen LogP contribution in [0, 0.1) is 5.92 Å². The molecule has 1 unspecified atom stereocenters. The Morgan fingerprint density at radius 2 is 1.74 bits per heavy atom. The summed E-state index contributed by atoms with van der Waals surface area (Å²) in [5.74, 6) is -0.429. The minimum atomic E-state index is -0.432. The molecule has 0 aliphatic carbocycles. The molecule has 2 aromatic rings. The van der Waals surface area contributed by atoms with Gasteiger partial charge in [-0.2, -0.15) is 0 Å². The van der Waals surface area contributed by atoms with Crippen LogP contribution in [0.15, 0.2) is 47.1 Å². The van der Waals surface area contributed by atoms with E-state index in [9.17, 15) is 14.4 Å². The number of nitrogens with one attached hydrogen (secondary N) is 2. The number of anilines is 2. The zero-order valence-electron chi connectivity index (χ0n) is 15.4. The second-order valence-corrected chi connectivity index (χ2v) is 6.84. The molecule has 2 N–H and O–H groups in total. The van der Waals surface area contributed by atoms with Crippen LogP contribution < -0.4 is 10.6 Å². The third-order valence-corrected chi connectivity index (χ3v) is 4.49. The van der Waals surface area contributed by atoms with Crippen molar-refractivity contribution in [3.05, 3.63) is 48.4 Å². The number of hydrogen-bond acceptors (Lipinski definition) is 4. The molecule has 0 bridgehead atoms. The lowest BCUT2D eigenvalue weighted by Crippen LogP contribution is -2.44. The van der Waals surface area contributed by atoms with E-state index in [2.05, 4.69) is 10.6 Å². The van der Waals surface area contributed by atoms with Crippen LogP contribution in [0.4, 0.5) is 11.4 Å². The van der Waals surface area contributed by atoms with Crippen molar-refractivity contribution >= 4 is 29.1 Å². The van der Waals surface area contributed by atoms with Gasteiger partial charge in [0.05, 0.1) is 6.26 Å². The monoisotopic (exact) mass is 369 g/mol. The van der Waals surface area contributed by atoms with E-state index in [0.29, 0.717) is 24.3 Å². The van der Waals surface area contributed by atoms with Gasteiger partial charge in [0.1, 0.15) is 6.04 Å². The standard InChI is InChI=1S/C20H23N3O4/c1-13(2)20(26)23-11-3-5-16(23)18(24)21-14-7-9-15(10-8-14)22-19(25)17-6-4-12-27-17/h4,6-10,12-13,16H,3,5,11H2,1-2H3,(H,21,24)(H,22,25). The summed E-state index contributed by atoms with van der Waals surface area (Å²) in [6.07, 6.45) is 2.93. The first-order chi connectivity index (χ1) is 13.0. The highest BCUT2D eigenvalue weighted by molar-refractivity contribution is 6.02. The van der Waals surface area contributed by atoms with Crippen LogP contribution in [-0.4, -0.2) is 35.2 Å². The molecule has 1 fully saturated rings. The second-order valence-electron chi connectivity index (χ2n) is 6.84. The molecule has 1 aliphatic rings. The van der Waals surface area contributed by atoms with E-state index in [0.717, 1.165) is 6.42 Å². The first-order valence-electron chi connectivity index (χ1n) is 9.02. The van der Waals surface area contributed by atoms with Crippen LogP contribution in [0.25, 0.3) is 0 Å². The predicted molar refractivity (Wildman–Crippen MR) is 101 cm³/mol. The predicted octanol–water partition coefficient (Wildman–Crippen LogP) is 3.12. The fourth-order valence-corrected chi connectivity index (χ4v) is 3.10. The average Bonchev–Trinajstić information content (AvgIpc) is 3.34. The van der Waals surface area contributed by atoms with Gasteiger partial charge in [0.15, 0.2) is 5.76 Å². The number of rotatable bonds is 5. The molecule has 1 saturated heterocycles. The van der Waals surface area contributed by atoms with Gasteiger partial charge >= 0.3 is 0 Å². The molecule has 3 amide bonds. The molecule has 0 spiro atoms. The summed E-state index contributed by atoms with van der Waals surface area (Å²) in [6.45, 7) is 4.30. The quantitative estimate of drug-likeness (QED) is 0.847. The van der Waals surface area contributed by atoms with Gasteiger partial charge in [-0.25, -0.2) is 0 Å². The Bertz CT molecular complexity index is 812. The van der Waals surface area contributed by atoms with Gasteiger partial charge in [0.2, 0.25) is 11.8 Å². The highest BCUT2D eigenvalue weighted by atomic mass is 16.3. The van der Waals surface area contributed by atoms with Crippen molar-refractivity contribution in [1.29, 1.82) is 0 Å². The number of nitrogens with zero attached hydrogens (tertiary/aromatic N) is 1. The van der Waals surface area contributed by atoms with Crippen LogP contribution in [0.5, 0.6) is 0 Å². The molecule has 7 heteroatoms. The van der Waals surface area contributed by atoms with Crippen LogP contribution in [0.3, 0.4) is 0 Å². The van der Waals surface area contributed by atoms with Crippen LogP contribution >= 0.6 is 0 Å². The molecule has 1 aromatic carbocycles. The minimum absolute atomic E-state index is 0.00337. The normalized spacial score (nSPS) is 16.4. The molecule has 142 valence electrons. The number of carbonyl (C=O) groups excluding carboxylic acids is 3. The summed E-state index contributed by atoms with van der Waals surface area (Å²) >= 11 is 0. The zero-order valence-corrected chi connectivity index (χ0v) is 15.4. The molecule has 0 radical (unpaired) electrons. The maximum atomic E-state index is 12.6. The summed E-state index contributed by atoms with van der Waals surface area (Å²) < 4.78 is 5.05. The van der Waals surface area contributed by atoms with E-state index in [1.807, 2.05) is 13.8 Å². The first kappa shape index (κ1) is 18.7. The Kier molecular flexibility index (Phi) is 5.59. The first-order valence-corrected chi connectivity index (χ1v) is 9.02. The van der Waals surface area contributed by atoms with E-state index in [1.165, 1.54) is 6.26 Å². The van der Waals surface area contributed by atoms with Crippen molar-refractivity contribution in [2.75, 3.05) is 17.2 Å². The molecule has 3 rings (SSSR count). The van der Waals surface area contributed by atoms with Crippen molar-refractivity contribution < 1.29 is 18.8 Å². The molecule has 1 aliphatic heterocycles. The Balaban J connectivity index is 1.60. The van der Waals surface area contributed by atoms with Crippen molar-refractivity contribution in [1.82, 2.24) is 4.90 Å². The molecular weight excluding hydrogens is 346 g/mol. The molecule has 1 aromatic heterocycles. The van der Waals surface area contributed by atoms with Crippen molar-refractivity contribution in [3.8, 4) is 0 Å². The average molecular weight is 369 g/mol. The van der Waals surface area contributed by atoms with Crippen molar-refractivity contribution in [2.45, 2.75) is 32.7 Å². The van der Waals surface area contributed by atoms with Crippen molar-refractivity contribution in [2.24, 2.45) is 5.92 Å². The third-order valence-electron chi connectivity index (χ3n) is 4.49. The maximum Gasteiger partial charge on any atom is 0.291 e. The minimum Gasteiger partial charge on any atom is -0.459 e. The number of benzene rings is 1. The molecule has 2 heterocycles. The molecule has 7 nitrogen and oxygen atoms in total. The molecular formula is C20H23N3O4. The fraction of sp³-hybridized carbons (Fsp3) is 0.350. The van der Waals surface area contributed by atoms with E-state index in [-0.39, 0.29) is 29.4 Å². The van der Waals surface area contributed by atoms with Gasteiger partial charge < -0.3 is 20.0 Å². The Hall–Kier alpha value is -3.09. The van der Waals surface area contributed by atoms with E-state index < -0.39 is 6.04 Å². The van der Waals surface area contributed by atoms with Gasteiger partial charge in [0.25, 0.3) is 5.91 Å². The topological polar surface area (TPSA) is 91.7 Å². The SMILES string of the molecule is CC(C)C(=O)N1CCCC1C(=O)Nc1ccc(NC(=O)c2ccco2)cc1. The Labute approximate surface area is 157 Å². The maximum absolute atomic E-state index is 12.6. The van der Waals surface area contributed by atoms with Gasteiger partial charge in [-0.15, -0.1) is 0 Å². The van der Waals surface area contributed by atoms with Gasteiger partial charge in [0, 0.05) is 23.8 Å². The largest absolute Gasteiger partial charge is 0.459 e. The van der Waals surface area contributed by atoms with Gasteiger partial charge in [-0.1, -0.05) is 13.8 Å². The highest BCUT2D eigenvalue weighted by Crippen LogP contribution is 2.22. The molecule has 0 saturated carbocycles. The number of furan rings is 1. The Morgan fingerprint density at radius 3 is 2.33 bits per heavy atom.